The van der Waals surface area contributed by atoms with Gasteiger partial charge in [-0.15, -0.1) is 0 Å². The minimum Gasteiger partial charge on any atom is -0.468 e. The predicted octanol–water partition coefficient (Wildman–Crippen LogP) is 3.48. The van der Waals surface area contributed by atoms with Crippen LogP contribution in [0.1, 0.15) is 16.9 Å². The van der Waals surface area contributed by atoms with Crippen molar-refractivity contribution >= 4 is 17.6 Å². The van der Waals surface area contributed by atoms with Gasteiger partial charge in [0.2, 0.25) is 0 Å². The molecule has 1 fully saturated rings. The van der Waals surface area contributed by atoms with Gasteiger partial charge < -0.3 is 19.4 Å². The molecule has 3 aromatic rings. The maximum atomic E-state index is 13.8. The summed E-state index contributed by atoms with van der Waals surface area (Å²) in [7, 11) is 1.30. The lowest BCUT2D eigenvalue weighted by atomic mass is 9.89. The summed E-state index contributed by atoms with van der Waals surface area (Å²) in [6, 6.07) is 9.89. The molecule has 1 N–H and O–H groups in total. The number of morpholine rings is 1. The largest absolute Gasteiger partial charge is 0.468 e. The minimum absolute atomic E-state index is 0.288. The first-order chi connectivity index (χ1) is 17.6. The molecule has 36 heavy (non-hydrogen) atoms. The second-order valence-electron chi connectivity index (χ2n) is 8.95. The summed E-state index contributed by atoms with van der Waals surface area (Å²) in [5, 5.41) is 3.58. The summed E-state index contributed by atoms with van der Waals surface area (Å²) in [4.78, 5) is 32.7. The van der Waals surface area contributed by atoms with Crippen LogP contribution in [0.2, 0.25) is 0 Å². The van der Waals surface area contributed by atoms with Crippen LogP contribution in [0.5, 0.6) is 0 Å². The van der Waals surface area contributed by atoms with E-state index in [1.807, 2.05) is 16.7 Å². The van der Waals surface area contributed by atoms with Gasteiger partial charge in [0.25, 0.3) is 0 Å². The van der Waals surface area contributed by atoms with E-state index >= 15 is 0 Å². The molecule has 0 bridgehead atoms. The van der Waals surface area contributed by atoms with Crippen molar-refractivity contribution in [3.63, 3.8) is 0 Å². The van der Waals surface area contributed by atoms with Gasteiger partial charge in [-0.25, -0.2) is 4.39 Å². The van der Waals surface area contributed by atoms with Gasteiger partial charge in [-0.05, 0) is 41.8 Å². The van der Waals surface area contributed by atoms with Crippen molar-refractivity contribution in [2.75, 3.05) is 51.8 Å². The fourth-order valence-electron chi connectivity index (χ4n) is 5.06. The molecule has 2 aliphatic heterocycles. The van der Waals surface area contributed by atoms with Crippen molar-refractivity contribution in [3.8, 4) is 22.3 Å². The molecule has 188 valence electrons. The van der Waals surface area contributed by atoms with E-state index in [2.05, 4.69) is 15.2 Å². The predicted molar refractivity (Wildman–Crippen MR) is 133 cm³/mol. The number of esters is 1. The summed E-state index contributed by atoms with van der Waals surface area (Å²) < 4.78 is 26.2. The highest BCUT2D eigenvalue weighted by atomic mass is 19.1. The monoisotopic (exact) mass is 492 g/mol. The lowest BCUT2D eigenvalue weighted by Gasteiger charge is -2.27. The smallest absolute Gasteiger partial charge is 0.316 e. The molecule has 2 aromatic heterocycles. The number of nitrogens with zero attached hydrogens (tertiary/aromatic N) is 3. The first-order valence-corrected chi connectivity index (χ1v) is 12.2. The van der Waals surface area contributed by atoms with E-state index in [1.165, 1.54) is 19.2 Å². The summed E-state index contributed by atoms with van der Waals surface area (Å²) in [6.07, 6.45) is 3.76. The Labute approximate surface area is 209 Å². The average molecular weight is 493 g/mol. The number of hydrogen-bond acceptors (Lipinski definition) is 7. The molecule has 1 saturated heterocycles. The number of methoxy groups -OCH3 is 1. The number of ether oxygens (including phenoxy) is 2. The number of ketones is 1. The summed E-state index contributed by atoms with van der Waals surface area (Å²) in [6.45, 7) is 5.17. The number of hydrogen-bond donors (Lipinski definition) is 1. The Kier molecular flexibility index (Phi) is 7.11. The average Bonchev–Trinajstić information content (AvgIpc) is 3.25. The van der Waals surface area contributed by atoms with Gasteiger partial charge in [0, 0.05) is 56.2 Å². The Hall–Kier alpha value is -3.56. The third-order valence-corrected chi connectivity index (χ3v) is 6.87. The molecule has 1 unspecified atom stereocenters. The molecule has 8 nitrogen and oxygen atoms in total. The molecule has 1 atom stereocenters. The highest BCUT2D eigenvalue weighted by molar-refractivity contribution is 6.15. The second kappa shape index (κ2) is 10.6. The first-order valence-electron chi connectivity index (χ1n) is 12.2. The summed E-state index contributed by atoms with van der Waals surface area (Å²) in [5.41, 5.74) is 3.52. The Morgan fingerprint density at radius 1 is 1.08 bits per heavy atom. The molecular formula is C27H29FN4O4. The minimum atomic E-state index is -0.872. The van der Waals surface area contributed by atoms with Crippen LogP contribution >= 0.6 is 0 Å². The maximum absolute atomic E-state index is 13.8. The fraction of sp³-hybridized carbons (Fsp3) is 0.370. The third kappa shape index (κ3) is 4.64. The van der Waals surface area contributed by atoms with Gasteiger partial charge >= 0.3 is 5.97 Å². The molecule has 1 aromatic carbocycles. The highest BCUT2D eigenvalue weighted by Crippen LogP contribution is 2.45. The number of pyridine rings is 1. The van der Waals surface area contributed by atoms with E-state index in [-0.39, 0.29) is 11.6 Å². The van der Waals surface area contributed by atoms with Gasteiger partial charge in [0.15, 0.2) is 5.78 Å². The standard InChI is InChI=1S/C27H29FN4O4/c1-35-27(34)21-8-12-32-24(25(21)33)22(18-2-4-20(28)5-3-18)23(19-6-9-29-10-7-19)26(32)30-11-13-31-14-16-36-17-15-31/h2-7,9-10,21,30H,8,11-17H2,1H3. The topological polar surface area (TPSA) is 85.7 Å². The Morgan fingerprint density at radius 3 is 2.47 bits per heavy atom. The Balaban J connectivity index is 1.64. The van der Waals surface area contributed by atoms with Gasteiger partial charge in [-0.3, -0.25) is 19.5 Å². The van der Waals surface area contributed by atoms with Crippen molar-refractivity contribution in [2.24, 2.45) is 5.92 Å². The number of Topliss-reactive ketones (excluding diaryl/α,β-unsaturated/α-hetero) is 1. The van der Waals surface area contributed by atoms with Crippen LogP contribution in [0.4, 0.5) is 10.2 Å². The number of nitrogens with one attached hydrogen (secondary N) is 1. The number of fused-ring (bicyclic) bond motifs is 1. The van der Waals surface area contributed by atoms with Gasteiger partial charge in [0.05, 0.1) is 26.0 Å². The molecule has 0 amide bonds. The number of rotatable bonds is 7. The van der Waals surface area contributed by atoms with Gasteiger partial charge in [-0.2, -0.15) is 0 Å². The summed E-state index contributed by atoms with van der Waals surface area (Å²) >= 11 is 0. The van der Waals surface area contributed by atoms with Crippen molar-refractivity contribution in [1.82, 2.24) is 14.5 Å². The van der Waals surface area contributed by atoms with E-state index in [0.717, 1.165) is 49.8 Å². The van der Waals surface area contributed by atoms with Gasteiger partial charge in [0.1, 0.15) is 17.6 Å². The quantitative estimate of drug-likeness (QED) is 0.399. The van der Waals surface area contributed by atoms with Crippen LogP contribution in [-0.2, 0) is 20.8 Å². The van der Waals surface area contributed by atoms with E-state index in [0.29, 0.717) is 36.3 Å². The first kappa shape index (κ1) is 24.1. The third-order valence-electron chi connectivity index (χ3n) is 6.87. The molecule has 2 aliphatic rings. The van der Waals surface area contributed by atoms with E-state index in [1.54, 1.807) is 24.5 Å². The summed E-state index contributed by atoms with van der Waals surface area (Å²) in [5.74, 6) is -1.25. The van der Waals surface area contributed by atoms with Crippen molar-refractivity contribution < 1.29 is 23.5 Å². The number of aromatic nitrogens is 2. The molecule has 0 aliphatic carbocycles. The van der Waals surface area contributed by atoms with Crippen molar-refractivity contribution in [3.05, 3.63) is 60.3 Å². The highest BCUT2D eigenvalue weighted by Gasteiger charge is 2.39. The van der Waals surface area contributed by atoms with E-state index in [9.17, 15) is 14.0 Å². The van der Waals surface area contributed by atoms with Crippen LogP contribution in [0.15, 0.2) is 48.8 Å². The van der Waals surface area contributed by atoms with Crippen molar-refractivity contribution in [2.45, 2.75) is 13.0 Å². The van der Waals surface area contributed by atoms with Crippen LogP contribution in [-0.4, -0.2) is 72.7 Å². The number of carbonyl (C=O) groups is 2. The lowest BCUT2D eigenvalue weighted by molar-refractivity contribution is -0.144. The molecular weight excluding hydrogens is 463 g/mol. The zero-order chi connectivity index (χ0) is 25.1. The number of carbonyl (C=O) groups excluding carboxylic acids is 2. The number of benzene rings is 1. The molecule has 0 saturated carbocycles. The number of halogens is 1. The lowest BCUT2D eigenvalue weighted by Crippen LogP contribution is -2.39. The Morgan fingerprint density at radius 2 is 1.78 bits per heavy atom. The van der Waals surface area contributed by atoms with Crippen LogP contribution in [0.25, 0.3) is 22.3 Å². The SMILES string of the molecule is COC(=O)C1CCn2c(NCCN3CCOCC3)c(-c3ccncc3)c(-c3ccc(F)cc3)c2C1=O. The molecule has 0 spiro atoms. The molecule has 9 heteroatoms. The zero-order valence-electron chi connectivity index (χ0n) is 20.2. The molecule has 0 radical (unpaired) electrons. The van der Waals surface area contributed by atoms with Crippen LogP contribution < -0.4 is 5.32 Å². The van der Waals surface area contributed by atoms with Gasteiger partial charge in [-0.1, -0.05) is 12.1 Å². The molecule has 5 rings (SSSR count). The van der Waals surface area contributed by atoms with E-state index in [4.69, 9.17) is 9.47 Å². The molecule has 4 heterocycles. The second-order valence-corrected chi connectivity index (χ2v) is 8.95. The zero-order valence-corrected chi connectivity index (χ0v) is 20.2. The maximum Gasteiger partial charge on any atom is 0.316 e. The van der Waals surface area contributed by atoms with Crippen molar-refractivity contribution in [1.29, 1.82) is 0 Å². The van der Waals surface area contributed by atoms with Crippen LogP contribution in [0.3, 0.4) is 0 Å². The fourth-order valence-corrected chi connectivity index (χ4v) is 5.06. The Bertz CT molecular complexity index is 1240. The normalized spacial score (nSPS) is 18.1. The van der Waals surface area contributed by atoms with E-state index < -0.39 is 11.9 Å². The van der Waals surface area contributed by atoms with Crippen LogP contribution in [0, 0.1) is 11.7 Å². The number of anilines is 1.